The fourth-order valence-corrected chi connectivity index (χ4v) is 1.93. The quantitative estimate of drug-likeness (QED) is 0.351. The first-order valence-electron chi connectivity index (χ1n) is 6.27. The van der Waals surface area contributed by atoms with Gasteiger partial charge in [0.1, 0.15) is 11.6 Å². The van der Waals surface area contributed by atoms with E-state index in [1.54, 1.807) is 18.2 Å². The van der Waals surface area contributed by atoms with Crippen molar-refractivity contribution in [1.29, 1.82) is 0 Å². The van der Waals surface area contributed by atoms with Gasteiger partial charge in [-0.25, -0.2) is 8.78 Å². The van der Waals surface area contributed by atoms with Crippen LogP contribution in [0.3, 0.4) is 0 Å². The Morgan fingerprint density at radius 3 is 2.62 bits per heavy atom. The topological polar surface area (TPSA) is 70.6 Å². The van der Waals surface area contributed by atoms with E-state index >= 15 is 0 Å². The van der Waals surface area contributed by atoms with Crippen LogP contribution in [0.25, 0.3) is 0 Å². The zero-order valence-electron chi connectivity index (χ0n) is 11.4. The van der Waals surface area contributed by atoms with E-state index in [-0.39, 0.29) is 11.5 Å². The number of rotatable bonds is 4. The van der Waals surface area contributed by atoms with Crippen LogP contribution in [0.4, 0.5) is 14.5 Å². The normalized spacial score (nSPS) is 11.5. The predicted molar refractivity (Wildman–Crippen MR) is 77.4 cm³/mol. The highest BCUT2D eigenvalue weighted by Gasteiger charge is 2.06. The van der Waals surface area contributed by atoms with Gasteiger partial charge in [0.25, 0.3) is 0 Å². The lowest BCUT2D eigenvalue weighted by Crippen LogP contribution is -2.13. The molecule has 4 nitrogen and oxygen atoms in total. The summed E-state index contributed by atoms with van der Waals surface area (Å²) in [6.45, 7) is 2.25. The Kier molecular flexibility index (Phi) is 4.37. The van der Waals surface area contributed by atoms with Crippen molar-refractivity contribution in [2.75, 3.05) is 5.32 Å². The zero-order chi connectivity index (χ0) is 15.4. The molecule has 110 valence electrons. The van der Waals surface area contributed by atoms with Crippen molar-refractivity contribution in [3.8, 4) is 0 Å². The summed E-state index contributed by atoms with van der Waals surface area (Å²) in [6, 6.07) is 8.66. The summed E-state index contributed by atoms with van der Waals surface area (Å²) in [5.74, 6) is -1.22. The molecule has 0 aromatic heterocycles. The second-order valence-corrected chi connectivity index (χ2v) is 4.60. The number of nitrogens with two attached hydrogens (primary N) is 1. The van der Waals surface area contributed by atoms with Crippen molar-refractivity contribution in [3.63, 3.8) is 0 Å². The lowest BCUT2D eigenvalue weighted by atomic mass is 10.0. The lowest BCUT2D eigenvalue weighted by molar-refractivity contribution is 0.318. The van der Waals surface area contributed by atoms with E-state index in [0.29, 0.717) is 12.1 Å². The van der Waals surface area contributed by atoms with Crippen LogP contribution < -0.4 is 11.1 Å². The van der Waals surface area contributed by atoms with Crippen LogP contribution in [0, 0.1) is 18.6 Å². The molecule has 21 heavy (non-hydrogen) atoms. The third-order valence-electron chi connectivity index (χ3n) is 3.15. The first kappa shape index (κ1) is 14.8. The molecule has 0 aliphatic rings. The first-order valence-corrected chi connectivity index (χ1v) is 6.27. The molecule has 0 radical (unpaired) electrons. The van der Waals surface area contributed by atoms with Gasteiger partial charge in [-0.2, -0.15) is 0 Å². The maximum atomic E-state index is 13.5. The maximum absolute atomic E-state index is 13.5. The van der Waals surface area contributed by atoms with Gasteiger partial charge in [0.2, 0.25) is 0 Å². The summed E-state index contributed by atoms with van der Waals surface area (Å²) in [4.78, 5) is 0. The van der Waals surface area contributed by atoms with Gasteiger partial charge in [0, 0.05) is 18.2 Å². The van der Waals surface area contributed by atoms with Crippen molar-refractivity contribution in [1.82, 2.24) is 0 Å². The van der Waals surface area contributed by atoms with Crippen molar-refractivity contribution >= 4 is 11.5 Å². The van der Waals surface area contributed by atoms with Crippen molar-refractivity contribution in [3.05, 3.63) is 64.7 Å². The molecule has 0 amide bonds. The summed E-state index contributed by atoms with van der Waals surface area (Å²) in [7, 11) is 0. The summed E-state index contributed by atoms with van der Waals surface area (Å²) in [5, 5.41) is 14.5. The van der Waals surface area contributed by atoms with Crippen molar-refractivity contribution in [2.45, 2.75) is 13.5 Å². The largest absolute Gasteiger partial charge is 0.409 e. The van der Waals surface area contributed by atoms with Gasteiger partial charge >= 0.3 is 0 Å². The van der Waals surface area contributed by atoms with Crippen molar-refractivity contribution in [2.24, 2.45) is 10.9 Å². The average Bonchev–Trinajstić information content (AvgIpc) is 2.46. The minimum atomic E-state index is -0.638. The van der Waals surface area contributed by atoms with E-state index in [1.165, 1.54) is 12.1 Å². The minimum absolute atomic E-state index is 0.0298. The highest BCUT2D eigenvalue weighted by Crippen LogP contribution is 2.18. The van der Waals surface area contributed by atoms with Crippen LogP contribution in [0.15, 0.2) is 41.6 Å². The molecule has 0 aliphatic heterocycles. The molecular formula is C15H15F2N3O. The molecule has 0 unspecified atom stereocenters. The van der Waals surface area contributed by atoms with Crippen LogP contribution in [0.1, 0.15) is 16.7 Å². The van der Waals surface area contributed by atoms with Crippen LogP contribution in [0.5, 0.6) is 0 Å². The summed E-state index contributed by atoms with van der Waals surface area (Å²) in [5.41, 5.74) is 8.18. The number of aryl methyl sites for hydroxylation is 1. The molecular weight excluding hydrogens is 276 g/mol. The molecule has 2 aromatic carbocycles. The van der Waals surface area contributed by atoms with Crippen LogP contribution >= 0.6 is 0 Å². The van der Waals surface area contributed by atoms with E-state index in [1.807, 2.05) is 6.92 Å². The summed E-state index contributed by atoms with van der Waals surface area (Å²) < 4.78 is 26.3. The first-order chi connectivity index (χ1) is 10.0. The predicted octanol–water partition coefficient (Wildman–Crippen LogP) is 2.98. The number of nitrogens with zero attached hydrogens (tertiary/aromatic N) is 1. The van der Waals surface area contributed by atoms with Gasteiger partial charge in [-0.05, 0) is 36.2 Å². The van der Waals surface area contributed by atoms with Crippen LogP contribution in [0.2, 0.25) is 0 Å². The number of anilines is 1. The molecule has 0 heterocycles. The Morgan fingerprint density at radius 1 is 1.24 bits per heavy atom. The number of oxime groups is 1. The summed E-state index contributed by atoms with van der Waals surface area (Å²) >= 11 is 0. The Labute approximate surface area is 120 Å². The van der Waals surface area contributed by atoms with E-state index in [2.05, 4.69) is 10.5 Å². The van der Waals surface area contributed by atoms with E-state index in [9.17, 15) is 8.78 Å². The zero-order valence-corrected chi connectivity index (χ0v) is 11.4. The number of hydrogen-bond donors (Lipinski definition) is 3. The van der Waals surface area contributed by atoms with Crippen LogP contribution in [-0.2, 0) is 6.54 Å². The third kappa shape index (κ3) is 3.47. The van der Waals surface area contributed by atoms with Gasteiger partial charge in [-0.1, -0.05) is 17.3 Å². The van der Waals surface area contributed by atoms with Gasteiger partial charge in [-0.15, -0.1) is 0 Å². The van der Waals surface area contributed by atoms with Gasteiger partial charge in [0.05, 0.1) is 5.69 Å². The second kappa shape index (κ2) is 6.21. The monoisotopic (exact) mass is 291 g/mol. The van der Waals surface area contributed by atoms with E-state index < -0.39 is 11.6 Å². The average molecular weight is 291 g/mol. The summed E-state index contributed by atoms with van der Waals surface area (Å²) in [6.07, 6.45) is 0. The Hall–Kier alpha value is -2.63. The number of halogens is 2. The fraction of sp³-hybridized carbons (Fsp3) is 0.133. The van der Waals surface area contributed by atoms with Crippen LogP contribution in [-0.4, -0.2) is 11.0 Å². The maximum Gasteiger partial charge on any atom is 0.170 e. The molecule has 0 spiro atoms. The smallest absolute Gasteiger partial charge is 0.170 e. The molecule has 6 heteroatoms. The molecule has 4 N–H and O–H groups in total. The number of nitrogens with one attached hydrogen (secondary N) is 1. The molecule has 0 aliphatic carbocycles. The van der Waals surface area contributed by atoms with Crippen molar-refractivity contribution < 1.29 is 14.0 Å². The Bertz CT molecular complexity index is 687. The molecule has 0 fully saturated rings. The van der Waals surface area contributed by atoms with Gasteiger partial charge in [0.15, 0.2) is 5.84 Å². The number of amidine groups is 1. The van der Waals surface area contributed by atoms with Gasteiger partial charge < -0.3 is 16.3 Å². The lowest BCUT2D eigenvalue weighted by Gasteiger charge is -2.11. The minimum Gasteiger partial charge on any atom is -0.409 e. The fourth-order valence-electron chi connectivity index (χ4n) is 1.93. The number of benzene rings is 2. The Morgan fingerprint density at radius 2 is 2.00 bits per heavy atom. The van der Waals surface area contributed by atoms with Gasteiger partial charge in [-0.3, -0.25) is 0 Å². The molecule has 0 saturated carbocycles. The third-order valence-corrected chi connectivity index (χ3v) is 3.15. The molecule has 2 rings (SSSR count). The highest BCUT2D eigenvalue weighted by molar-refractivity contribution is 5.97. The number of hydrogen-bond acceptors (Lipinski definition) is 3. The molecule has 0 atom stereocenters. The standard InChI is InChI=1S/C15H15F2N3O/c1-9-6-10(15(18)20-21)2-3-11(9)8-19-14-5-4-12(16)7-13(14)17/h2-7,19,21H,8H2,1H3,(H2,18,20). The van der Waals surface area contributed by atoms with E-state index in [0.717, 1.165) is 17.2 Å². The molecule has 0 saturated heterocycles. The second-order valence-electron chi connectivity index (χ2n) is 4.60. The SMILES string of the molecule is Cc1cc(/C(N)=N/O)ccc1CNc1ccc(F)cc1F. The molecule has 2 aromatic rings. The highest BCUT2D eigenvalue weighted by atomic mass is 19.1. The molecule has 0 bridgehead atoms. The Balaban J connectivity index is 2.13. The van der Waals surface area contributed by atoms with E-state index in [4.69, 9.17) is 10.9 Å².